The van der Waals surface area contributed by atoms with E-state index in [1.54, 1.807) is 48.5 Å². The molecule has 2 amide bonds. The van der Waals surface area contributed by atoms with Crippen molar-refractivity contribution < 1.29 is 30.0 Å². The smallest absolute Gasteiger partial charge is 0.259 e. The second-order valence-corrected chi connectivity index (χ2v) is 7.41. The minimum absolute atomic E-state index is 0.0410. The van der Waals surface area contributed by atoms with Gasteiger partial charge >= 0.3 is 0 Å². The number of para-hydroxylation sites is 2. The quantitative estimate of drug-likeness (QED) is 0.241. The van der Waals surface area contributed by atoms with Gasteiger partial charge in [-0.05, 0) is 59.7 Å². The van der Waals surface area contributed by atoms with Gasteiger partial charge in [0.1, 0.15) is 0 Å². The Balaban J connectivity index is 1.43. The van der Waals surface area contributed by atoms with Crippen LogP contribution in [0.3, 0.4) is 0 Å². The van der Waals surface area contributed by atoms with Gasteiger partial charge in [-0.15, -0.1) is 0 Å². The molecule has 0 radical (unpaired) electrons. The first-order valence-electron chi connectivity index (χ1n) is 10.2. The van der Waals surface area contributed by atoms with Crippen LogP contribution in [0, 0.1) is 0 Å². The molecule has 0 aliphatic heterocycles. The number of hydrogen-bond acceptors (Lipinski definition) is 6. The molecule has 8 nitrogen and oxygen atoms in total. The molecule has 4 rings (SSSR count). The Morgan fingerprint density at radius 1 is 0.500 bits per heavy atom. The zero-order valence-corrected chi connectivity index (χ0v) is 17.7. The third-order valence-corrected chi connectivity index (χ3v) is 5.14. The van der Waals surface area contributed by atoms with Crippen molar-refractivity contribution in [2.45, 2.75) is 0 Å². The molecule has 0 aliphatic carbocycles. The van der Waals surface area contributed by atoms with Gasteiger partial charge in [-0.2, -0.15) is 0 Å². The molecule has 170 valence electrons. The molecule has 0 saturated carbocycles. The molecule has 8 heteroatoms. The van der Waals surface area contributed by atoms with Crippen molar-refractivity contribution in [1.29, 1.82) is 0 Å². The van der Waals surface area contributed by atoms with Gasteiger partial charge in [0, 0.05) is 11.4 Å². The van der Waals surface area contributed by atoms with Crippen LogP contribution in [0.15, 0.2) is 84.9 Å². The monoisotopic (exact) mass is 456 g/mol. The number of hydrogen-bond donors (Lipinski definition) is 6. The second kappa shape index (κ2) is 9.25. The minimum atomic E-state index is -0.556. The number of carbonyl (C=O) groups excluding carboxylic acids is 2. The highest BCUT2D eigenvalue weighted by molar-refractivity contribution is 6.07. The number of phenols is 4. The fourth-order valence-corrected chi connectivity index (χ4v) is 3.32. The second-order valence-electron chi connectivity index (χ2n) is 7.41. The van der Waals surface area contributed by atoms with Crippen LogP contribution in [0.25, 0.3) is 11.1 Å². The Kier molecular flexibility index (Phi) is 6.05. The van der Waals surface area contributed by atoms with E-state index in [1.165, 1.54) is 36.4 Å². The maximum Gasteiger partial charge on any atom is 0.259 e. The molecule has 4 aromatic rings. The number of nitrogens with one attached hydrogen (secondary N) is 2. The van der Waals surface area contributed by atoms with Crippen LogP contribution in [0.1, 0.15) is 20.7 Å². The topological polar surface area (TPSA) is 139 Å². The Morgan fingerprint density at radius 3 is 1.21 bits per heavy atom. The minimum Gasteiger partial charge on any atom is -0.504 e. The lowest BCUT2D eigenvalue weighted by molar-refractivity contribution is 0.101. The fraction of sp³-hybridized carbons (Fsp3) is 0. The van der Waals surface area contributed by atoms with Crippen LogP contribution in [0.5, 0.6) is 23.0 Å². The van der Waals surface area contributed by atoms with Crippen molar-refractivity contribution in [3.63, 3.8) is 0 Å². The number of phenolic OH excluding ortho intramolecular Hbond substituents is 4. The molecule has 0 aromatic heterocycles. The average Bonchev–Trinajstić information content (AvgIpc) is 2.83. The summed E-state index contributed by atoms with van der Waals surface area (Å²) in [5.74, 6) is -2.83. The van der Waals surface area contributed by atoms with E-state index < -0.39 is 23.3 Å². The summed E-state index contributed by atoms with van der Waals surface area (Å²) in [4.78, 5) is 24.7. The lowest BCUT2D eigenvalue weighted by atomic mass is 10.0. The van der Waals surface area contributed by atoms with Crippen molar-refractivity contribution in [3.05, 3.63) is 96.1 Å². The van der Waals surface area contributed by atoms with E-state index in [0.717, 1.165) is 11.1 Å². The number of rotatable bonds is 5. The van der Waals surface area contributed by atoms with Gasteiger partial charge in [0.05, 0.1) is 11.1 Å². The molecule has 34 heavy (non-hydrogen) atoms. The van der Waals surface area contributed by atoms with E-state index in [-0.39, 0.29) is 22.6 Å². The summed E-state index contributed by atoms with van der Waals surface area (Å²) in [7, 11) is 0. The average molecular weight is 456 g/mol. The molecule has 0 unspecified atom stereocenters. The Bertz CT molecular complexity index is 1260. The van der Waals surface area contributed by atoms with Crippen LogP contribution in [-0.4, -0.2) is 32.2 Å². The molecule has 0 fully saturated rings. The molecular formula is C26H20N2O6. The molecule has 6 N–H and O–H groups in total. The normalized spacial score (nSPS) is 10.5. The Labute approximate surface area is 194 Å². The largest absolute Gasteiger partial charge is 0.504 e. The Morgan fingerprint density at radius 2 is 0.853 bits per heavy atom. The van der Waals surface area contributed by atoms with Crippen LogP contribution >= 0.6 is 0 Å². The number of aromatic hydroxyl groups is 4. The van der Waals surface area contributed by atoms with Crippen molar-refractivity contribution in [2.24, 2.45) is 0 Å². The van der Waals surface area contributed by atoms with Gasteiger partial charge in [-0.3, -0.25) is 9.59 Å². The van der Waals surface area contributed by atoms with Crippen LogP contribution in [-0.2, 0) is 0 Å². The summed E-state index contributed by atoms with van der Waals surface area (Å²) in [6.07, 6.45) is 0. The third kappa shape index (κ3) is 4.61. The fourth-order valence-electron chi connectivity index (χ4n) is 3.32. The predicted octanol–water partition coefficient (Wildman–Crippen LogP) is 4.68. The number of benzene rings is 4. The molecular weight excluding hydrogens is 436 g/mol. The van der Waals surface area contributed by atoms with Gasteiger partial charge < -0.3 is 31.1 Å². The summed E-state index contributed by atoms with van der Waals surface area (Å²) < 4.78 is 0. The van der Waals surface area contributed by atoms with E-state index in [1.807, 2.05) is 0 Å². The molecule has 0 aliphatic rings. The van der Waals surface area contributed by atoms with E-state index in [4.69, 9.17) is 0 Å². The molecule has 0 saturated heterocycles. The van der Waals surface area contributed by atoms with Crippen molar-refractivity contribution >= 4 is 23.2 Å². The zero-order chi connectivity index (χ0) is 24.2. The van der Waals surface area contributed by atoms with Gasteiger partial charge in [-0.1, -0.05) is 36.4 Å². The predicted molar refractivity (Wildman–Crippen MR) is 127 cm³/mol. The van der Waals surface area contributed by atoms with Crippen molar-refractivity contribution in [3.8, 4) is 34.1 Å². The summed E-state index contributed by atoms with van der Waals surface area (Å²) in [5, 5.41) is 44.1. The molecule has 0 heterocycles. The maximum absolute atomic E-state index is 12.4. The van der Waals surface area contributed by atoms with Gasteiger partial charge in [0.15, 0.2) is 23.0 Å². The standard InChI is InChI=1S/C26H20N2O6/c29-21-5-1-3-19(23(21)31)25(33)27-17-11-7-15(8-12-17)16-9-13-18(14-10-16)28-26(34)20-4-2-6-22(30)24(20)32/h1-14,29-32H,(H,27,33)(H,28,34). The summed E-state index contributed by atoms with van der Waals surface area (Å²) in [6, 6.07) is 22.3. The highest BCUT2D eigenvalue weighted by atomic mass is 16.3. The highest BCUT2D eigenvalue weighted by Gasteiger charge is 2.15. The molecule has 0 bridgehead atoms. The van der Waals surface area contributed by atoms with E-state index in [2.05, 4.69) is 10.6 Å². The van der Waals surface area contributed by atoms with Gasteiger partial charge in [0.25, 0.3) is 11.8 Å². The van der Waals surface area contributed by atoms with E-state index >= 15 is 0 Å². The summed E-state index contributed by atoms with van der Waals surface area (Å²) in [5.41, 5.74) is 2.66. The van der Waals surface area contributed by atoms with Crippen LogP contribution < -0.4 is 10.6 Å². The first-order chi connectivity index (χ1) is 16.3. The maximum atomic E-state index is 12.4. The van der Waals surface area contributed by atoms with Gasteiger partial charge in [0.2, 0.25) is 0 Å². The number of amides is 2. The van der Waals surface area contributed by atoms with Crippen LogP contribution in [0.4, 0.5) is 11.4 Å². The SMILES string of the molecule is O=C(Nc1ccc(-c2ccc(NC(=O)c3cccc(O)c3O)cc2)cc1)c1cccc(O)c1O. The molecule has 0 atom stereocenters. The Hall–Kier alpha value is -4.98. The van der Waals surface area contributed by atoms with Crippen molar-refractivity contribution in [1.82, 2.24) is 0 Å². The zero-order valence-electron chi connectivity index (χ0n) is 17.7. The first-order valence-corrected chi connectivity index (χ1v) is 10.2. The number of carbonyl (C=O) groups is 2. The third-order valence-electron chi connectivity index (χ3n) is 5.14. The van der Waals surface area contributed by atoms with E-state index in [9.17, 15) is 30.0 Å². The van der Waals surface area contributed by atoms with Crippen LogP contribution in [0.2, 0.25) is 0 Å². The highest BCUT2D eigenvalue weighted by Crippen LogP contribution is 2.30. The number of anilines is 2. The first kappa shape index (κ1) is 22.2. The van der Waals surface area contributed by atoms with Crippen molar-refractivity contribution in [2.75, 3.05) is 10.6 Å². The lowest BCUT2D eigenvalue weighted by Crippen LogP contribution is -2.12. The summed E-state index contributed by atoms with van der Waals surface area (Å²) in [6.45, 7) is 0. The van der Waals surface area contributed by atoms with E-state index in [0.29, 0.717) is 11.4 Å². The lowest BCUT2D eigenvalue weighted by Gasteiger charge is -2.10. The molecule has 4 aromatic carbocycles. The molecule has 0 spiro atoms. The summed E-state index contributed by atoms with van der Waals surface area (Å²) >= 11 is 0. The van der Waals surface area contributed by atoms with Gasteiger partial charge in [-0.25, -0.2) is 0 Å².